The number of sulfonamides is 1. The molecule has 1 aromatic carbocycles. The fraction of sp³-hybridized carbons (Fsp3) is 0.421. The molecule has 2 aromatic rings. The summed E-state index contributed by atoms with van der Waals surface area (Å²) in [6.45, 7) is 2.79. The number of hydrogen-bond donors (Lipinski definition) is 2. The van der Waals surface area contributed by atoms with Crippen LogP contribution in [0.25, 0.3) is 6.08 Å². The van der Waals surface area contributed by atoms with Crippen molar-refractivity contribution in [2.75, 3.05) is 13.1 Å². The van der Waals surface area contributed by atoms with Crippen LogP contribution in [-0.4, -0.2) is 42.2 Å². The first kappa shape index (κ1) is 20.2. The summed E-state index contributed by atoms with van der Waals surface area (Å²) in [6.07, 6.45) is 8.52. The molecule has 150 valence electrons. The maximum absolute atomic E-state index is 12.0. The summed E-state index contributed by atoms with van der Waals surface area (Å²) >= 11 is 0. The van der Waals surface area contributed by atoms with Crippen molar-refractivity contribution in [2.45, 2.75) is 43.5 Å². The van der Waals surface area contributed by atoms with Gasteiger partial charge in [-0.1, -0.05) is 19.1 Å². The lowest BCUT2D eigenvalue weighted by atomic mass is 10.2. The number of rotatable bonds is 10. The molecular weight excluding hydrogens is 378 g/mol. The highest BCUT2D eigenvalue weighted by Gasteiger charge is 2.25. The summed E-state index contributed by atoms with van der Waals surface area (Å²) in [5, 5.41) is 10.9. The van der Waals surface area contributed by atoms with Crippen LogP contribution in [0.1, 0.15) is 43.6 Å². The van der Waals surface area contributed by atoms with Crippen molar-refractivity contribution in [2.24, 2.45) is 0 Å². The first-order valence-electron chi connectivity index (χ1n) is 9.43. The lowest BCUT2D eigenvalue weighted by Gasteiger charge is -2.06. The van der Waals surface area contributed by atoms with Crippen molar-refractivity contribution in [1.29, 1.82) is 0 Å². The Hall–Kier alpha value is -2.52. The summed E-state index contributed by atoms with van der Waals surface area (Å²) in [5.74, 6) is 0.680. The lowest BCUT2D eigenvalue weighted by molar-refractivity contribution is -0.116. The molecule has 8 nitrogen and oxygen atoms in total. The summed E-state index contributed by atoms with van der Waals surface area (Å²) in [6, 6.07) is 6.91. The van der Waals surface area contributed by atoms with Crippen LogP contribution < -0.4 is 10.0 Å². The summed E-state index contributed by atoms with van der Waals surface area (Å²) in [4.78, 5) is 12.2. The average Bonchev–Trinajstić information content (AvgIpc) is 3.43. The third kappa shape index (κ3) is 5.49. The van der Waals surface area contributed by atoms with Crippen LogP contribution in [0, 0.1) is 0 Å². The molecule has 2 N–H and O–H groups in total. The van der Waals surface area contributed by atoms with Gasteiger partial charge in [-0.3, -0.25) is 4.79 Å². The monoisotopic (exact) mass is 403 g/mol. The SMILES string of the molecule is CCCNS(=O)(=O)c1ccc(C=CC(=O)NCCc2nncn2C2CC2)cc1. The number of benzene rings is 1. The van der Waals surface area contributed by atoms with E-state index >= 15 is 0 Å². The van der Waals surface area contributed by atoms with E-state index in [1.54, 1.807) is 24.5 Å². The zero-order chi connectivity index (χ0) is 20.0. The molecule has 0 aliphatic heterocycles. The van der Waals surface area contributed by atoms with Crippen molar-refractivity contribution in [3.8, 4) is 0 Å². The molecule has 1 aromatic heterocycles. The van der Waals surface area contributed by atoms with Gasteiger partial charge in [0.1, 0.15) is 12.2 Å². The molecule has 9 heteroatoms. The average molecular weight is 404 g/mol. The Kier molecular flexibility index (Phi) is 6.58. The second-order valence-electron chi connectivity index (χ2n) is 6.73. The second-order valence-corrected chi connectivity index (χ2v) is 8.49. The number of aromatic nitrogens is 3. The van der Waals surface area contributed by atoms with Crippen LogP contribution in [0.5, 0.6) is 0 Å². The van der Waals surface area contributed by atoms with Crippen LogP contribution in [0.2, 0.25) is 0 Å². The van der Waals surface area contributed by atoms with Gasteiger partial charge in [-0.25, -0.2) is 13.1 Å². The van der Waals surface area contributed by atoms with Gasteiger partial charge >= 0.3 is 0 Å². The van der Waals surface area contributed by atoms with Gasteiger partial charge in [0.2, 0.25) is 15.9 Å². The van der Waals surface area contributed by atoms with E-state index in [0.717, 1.165) is 30.7 Å². The topological polar surface area (TPSA) is 106 Å². The molecule has 0 bridgehead atoms. The summed E-state index contributed by atoms with van der Waals surface area (Å²) < 4.78 is 28.7. The predicted octanol–water partition coefficient (Wildman–Crippen LogP) is 1.67. The van der Waals surface area contributed by atoms with Crippen LogP contribution in [0.3, 0.4) is 0 Å². The largest absolute Gasteiger partial charge is 0.352 e. The molecule has 1 aliphatic rings. The third-order valence-corrected chi connectivity index (χ3v) is 5.87. The molecule has 28 heavy (non-hydrogen) atoms. The van der Waals surface area contributed by atoms with Gasteiger partial charge in [0.15, 0.2) is 0 Å². The van der Waals surface area contributed by atoms with Crippen molar-refractivity contribution in [3.05, 3.63) is 48.1 Å². The van der Waals surface area contributed by atoms with E-state index in [0.29, 0.717) is 25.6 Å². The molecule has 3 rings (SSSR count). The van der Waals surface area contributed by atoms with Crippen LogP contribution >= 0.6 is 0 Å². The first-order valence-corrected chi connectivity index (χ1v) is 10.9. The molecule has 1 heterocycles. The third-order valence-electron chi connectivity index (χ3n) is 4.39. The quantitative estimate of drug-likeness (QED) is 0.587. The van der Waals surface area contributed by atoms with Crippen molar-refractivity contribution >= 4 is 22.0 Å². The van der Waals surface area contributed by atoms with Crippen molar-refractivity contribution < 1.29 is 13.2 Å². The highest BCUT2D eigenvalue weighted by molar-refractivity contribution is 7.89. The number of amides is 1. The van der Waals surface area contributed by atoms with Crippen LogP contribution in [-0.2, 0) is 21.2 Å². The highest BCUT2D eigenvalue weighted by Crippen LogP contribution is 2.35. The molecule has 0 spiro atoms. The van der Waals surface area contributed by atoms with Gasteiger partial charge in [0.05, 0.1) is 4.90 Å². The minimum atomic E-state index is -3.48. The number of carbonyl (C=O) groups is 1. The minimum Gasteiger partial charge on any atom is -0.352 e. The molecule has 1 saturated carbocycles. The summed E-state index contributed by atoms with van der Waals surface area (Å²) in [7, 11) is -3.48. The van der Waals surface area contributed by atoms with E-state index in [2.05, 4.69) is 24.8 Å². The standard InChI is InChI=1S/C19H25N5O3S/c1-2-12-22-28(26,27)17-8-3-15(4-9-17)5-10-19(25)20-13-11-18-23-21-14-24(18)16-6-7-16/h3-5,8-10,14,16,22H,2,6-7,11-13H2,1H3,(H,20,25). The molecule has 1 amide bonds. The Bertz CT molecular complexity index is 931. The number of nitrogens with one attached hydrogen (secondary N) is 2. The Morgan fingerprint density at radius 3 is 2.68 bits per heavy atom. The molecule has 1 aliphatic carbocycles. The van der Waals surface area contributed by atoms with Crippen LogP contribution in [0.4, 0.5) is 0 Å². The zero-order valence-electron chi connectivity index (χ0n) is 15.8. The summed E-state index contributed by atoms with van der Waals surface area (Å²) in [5.41, 5.74) is 0.748. The normalized spacial score (nSPS) is 14.5. The van der Waals surface area contributed by atoms with Gasteiger partial charge < -0.3 is 9.88 Å². The molecule has 0 atom stereocenters. The van der Waals surface area contributed by atoms with E-state index in [9.17, 15) is 13.2 Å². The number of hydrogen-bond acceptors (Lipinski definition) is 5. The molecule has 1 fully saturated rings. The van der Waals surface area contributed by atoms with Crippen molar-refractivity contribution in [3.63, 3.8) is 0 Å². The van der Waals surface area contributed by atoms with Gasteiger partial charge in [-0.2, -0.15) is 0 Å². The Labute approximate surface area is 165 Å². The van der Waals surface area contributed by atoms with Crippen molar-refractivity contribution in [1.82, 2.24) is 24.8 Å². The van der Waals surface area contributed by atoms with E-state index in [1.807, 2.05) is 6.92 Å². The Morgan fingerprint density at radius 1 is 1.25 bits per heavy atom. The van der Waals surface area contributed by atoms with Gasteiger partial charge in [0.25, 0.3) is 0 Å². The fourth-order valence-corrected chi connectivity index (χ4v) is 3.84. The van der Waals surface area contributed by atoms with E-state index in [-0.39, 0.29) is 10.8 Å². The zero-order valence-corrected chi connectivity index (χ0v) is 16.7. The molecule has 0 saturated heterocycles. The van der Waals surface area contributed by atoms with Crippen LogP contribution in [0.15, 0.2) is 41.6 Å². The van der Waals surface area contributed by atoms with Gasteiger partial charge in [0, 0.05) is 31.6 Å². The van der Waals surface area contributed by atoms with E-state index in [1.165, 1.54) is 18.2 Å². The maximum atomic E-state index is 12.0. The lowest BCUT2D eigenvalue weighted by Crippen LogP contribution is -2.24. The smallest absolute Gasteiger partial charge is 0.244 e. The van der Waals surface area contributed by atoms with Gasteiger partial charge in [-0.05, 0) is 43.0 Å². The molecule has 0 radical (unpaired) electrons. The molecular formula is C19H25N5O3S. The Morgan fingerprint density at radius 2 is 2.00 bits per heavy atom. The number of nitrogens with zero attached hydrogens (tertiary/aromatic N) is 3. The molecule has 0 unspecified atom stereocenters. The second kappa shape index (κ2) is 9.11. The fourth-order valence-electron chi connectivity index (χ4n) is 2.71. The predicted molar refractivity (Wildman–Crippen MR) is 106 cm³/mol. The maximum Gasteiger partial charge on any atom is 0.244 e. The highest BCUT2D eigenvalue weighted by atomic mass is 32.2. The minimum absolute atomic E-state index is 0.209. The first-order chi connectivity index (χ1) is 13.5. The Balaban J connectivity index is 1.47. The van der Waals surface area contributed by atoms with Gasteiger partial charge in [-0.15, -0.1) is 10.2 Å². The number of carbonyl (C=O) groups excluding carboxylic acids is 1. The van der Waals surface area contributed by atoms with E-state index in [4.69, 9.17) is 0 Å². The van der Waals surface area contributed by atoms with E-state index < -0.39 is 10.0 Å².